The molecule has 4 atom stereocenters. The van der Waals surface area contributed by atoms with E-state index in [0.717, 1.165) is 32.1 Å². The minimum Gasteiger partial charge on any atom is -0.507 e. The first-order chi connectivity index (χ1) is 17.6. The minimum absolute atomic E-state index is 0.0172. The van der Waals surface area contributed by atoms with E-state index in [4.69, 9.17) is 9.47 Å². The lowest BCUT2D eigenvalue weighted by atomic mass is 9.96. The van der Waals surface area contributed by atoms with Crippen molar-refractivity contribution in [2.75, 3.05) is 19.1 Å². The minimum atomic E-state index is -0.943. The lowest BCUT2D eigenvalue weighted by molar-refractivity contribution is 0.171. The molecule has 3 aromatic rings. The molecule has 2 N–H and O–H groups in total. The zero-order valence-electron chi connectivity index (χ0n) is 20.1. The Balaban J connectivity index is 1.25. The molecule has 1 aromatic carbocycles. The lowest BCUT2D eigenvalue weighted by Crippen LogP contribution is -2.57. The Morgan fingerprint density at radius 3 is 2.56 bits per heavy atom. The molecular formula is C25H28FN7O3. The van der Waals surface area contributed by atoms with Crippen molar-refractivity contribution in [1.82, 2.24) is 30.5 Å². The summed E-state index contributed by atoms with van der Waals surface area (Å²) in [6.45, 7) is 0. The molecule has 6 rings (SSSR count). The zero-order chi connectivity index (χ0) is 24.8. The van der Waals surface area contributed by atoms with Crippen LogP contribution in [0.5, 0.6) is 17.5 Å². The third-order valence-electron chi connectivity index (χ3n) is 7.30. The molecule has 1 aliphatic carbocycles. The van der Waals surface area contributed by atoms with E-state index in [1.807, 2.05) is 0 Å². The third-order valence-corrected chi connectivity index (χ3v) is 7.30. The van der Waals surface area contributed by atoms with Crippen LogP contribution in [0.25, 0.3) is 22.6 Å². The van der Waals surface area contributed by atoms with Gasteiger partial charge >= 0.3 is 0 Å². The molecule has 10 nitrogen and oxygen atoms in total. The number of aromatic hydroxyl groups is 1. The number of aromatic nitrogens is 5. The number of hydrogen-bond acceptors (Lipinski definition) is 10. The van der Waals surface area contributed by atoms with Gasteiger partial charge < -0.3 is 24.8 Å². The number of halogens is 1. The van der Waals surface area contributed by atoms with E-state index in [1.54, 1.807) is 30.6 Å². The molecule has 3 aliphatic rings. The van der Waals surface area contributed by atoms with Gasteiger partial charge in [0, 0.05) is 23.7 Å². The number of nitrogens with one attached hydrogen (secondary N) is 1. The summed E-state index contributed by atoms with van der Waals surface area (Å²) >= 11 is 0. The van der Waals surface area contributed by atoms with Crippen molar-refractivity contribution < 1.29 is 19.0 Å². The molecule has 188 valence electrons. The largest absolute Gasteiger partial charge is 0.507 e. The molecular weight excluding hydrogens is 465 g/mol. The van der Waals surface area contributed by atoms with Crippen LogP contribution >= 0.6 is 0 Å². The van der Waals surface area contributed by atoms with Crippen molar-refractivity contribution >= 4 is 5.82 Å². The SMILES string of the molecule is COc1ncc(-c2ccc(-c3ncc(N(C4CC4)[C@H]4C[C@@H]5CC[C@H](N5)[C@H]4F)nn3)c(O)c2)nc1OC. The van der Waals surface area contributed by atoms with Gasteiger partial charge in [-0.1, -0.05) is 6.07 Å². The van der Waals surface area contributed by atoms with E-state index in [-0.39, 0.29) is 35.6 Å². The molecule has 2 aliphatic heterocycles. The standard InChI is InChI=1S/C25H28FN7O3/c1-35-24-25(36-2)30-18(11-28-24)13-3-7-16(20(34)9-13)23-27-12-21(31-32-23)33(15-5-6-15)19-10-14-4-8-17(29-14)22(19)26/h3,7,9,11-12,14-15,17,19,22,29,34H,4-6,8,10H2,1-2H3/t14-,17-,19-,22+/m0/s1. The molecule has 1 saturated carbocycles. The molecule has 4 heterocycles. The maximum absolute atomic E-state index is 15.3. The van der Waals surface area contributed by atoms with Crippen LogP contribution in [0.2, 0.25) is 0 Å². The molecule has 0 amide bonds. The van der Waals surface area contributed by atoms with Gasteiger partial charge in [0.2, 0.25) is 0 Å². The number of phenols is 1. The van der Waals surface area contributed by atoms with Gasteiger partial charge in [0.25, 0.3) is 11.8 Å². The smallest absolute Gasteiger partial charge is 0.278 e. The Hall–Kier alpha value is -3.60. The highest BCUT2D eigenvalue weighted by Gasteiger charge is 2.48. The van der Waals surface area contributed by atoms with Crippen LogP contribution in [0.1, 0.15) is 32.1 Å². The van der Waals surface area contributed by atoms with Gasteiger partial charge in [-0.25, -0.2) is 19.3 Å². The topological polar surface area (TPSA) is 118 Å². The summed E-state index contributed by atoms with van der Waals surface area (Å²) in [4.78, 5) is 15.2. The average Bonchev–Trinajstić information content (AvgIpc) is 3.66. The normalized spacial score (nSPS) is 25.0. The van der Waals surface area contributed by atoms with Gasteiger partial charge in [-0.3, -0.25) is 0 Å². The van der Waals surface area contributed by atoms with Gasteiger partial charge in [0.15, 0.2) is 11.6 Å². The van der Waals surface area contributed by atoms with Gasteiger partial charge in [0.1, 0.15) is 11.9 Å². The molecule has 3 fully saturated rings. The number of alkyl halides is 1. The number of piperidine rings is 1. The number of phenolic OH excluding ortho intramolecular Hbond substituents is 1. The highest BCUT2D eigenvalue weighted by Crippen LogP contribution is 2.40. The molecule has 36 heavy (non-hydrogen) atoms. The molecule has 0 radical (unpaired) electrons. The zero-order valence-corrected chi connectivity index (χ0v) is 20.1. The van der Waals surface area contributed by atoms with E-state index >= 15 is 4.39 Å². The molecule has 2 saturated heterocycles. The number of methoxy groups -OCH3 is 2. The first kappa shape index (κ1) is 22.8. The number of anilines is 1. The summed E-state index contributed by atoms with van der Waals surface area (Å²) in [6, 6.07) is 5.41. The number of nitrogens with zero attached hydrogens (tertiary/aromatic N) is 6. The lowest BCUT2D eigenvalue weighted by Gasteiger charge is -2.40. The predicted octanol–water partition coefficient (Wildman–Crippen LogP) is 2.92. The van der Waals surface area contributed by atoms with Crippen molar-refractivity contribution in [2.45, 2.75) is 62.4 Å². The van der Waals surface area contributed by atoms with Crippen LogP contribution in [0, 0.1) is 0 Å². The van der Waals surface area contributed by atoms with Gasteiger partial charge in [-0.05, 0) is 44.2 Å². The monoisotopic (exact) mass is 493 g/mol. The van der Waals surface area contributed by atoms with Gasteiger partial charge in [-0.2, -0.15) is 0 Å². The fourth-order valence-electron chi connectivity index (χ4n) is 5.39. The Bertz CT molecular complexity index is 1260. The van der Waals surface area contributed by atoms with E-state index in [0.29, 0.717) is 34.5 Å². The van der Waals surface area contributed by atoms with Crippen LogP contribution in [0.3, 0.4) is 0 Å². The van der Waals surface area contributed by atoms with Gasteiger partial charge in [0.05, 0.1) is 43.9 Å². The van der Waals surface area contributed by atoms with Crippen molar-refractivity contribution in [3.05, 3.63) is 30.6 Å². The molecule has 0 unspecified atom stereocenters. The van der Waals surface area contributed by atoms with Crippen molar-refractivity contribution in [3.63, 3.8) is 0 Å². The quantitative estimate of drug-likeness (QED) is 0.509. The number of fused-ring (bicyclic) bond motifs is 2. The van der Waals surface area contributed by atoms with E-state index in [2.05, 4.69) is 35.4 Å². The first-order valence-corrected chi connectivity index (χ1v) is 12.2. The first-order valence-electron chi connectivity index (χ1n) is 12.2. The summed E-state index contributed by atoms with van der Waals surface area (Å²) in [5, 5.41) is 22.9. The molecule has 2 aromatic heterocycles. The van der Waals surface area contributed by atoms with Crippen molar-refractivity contribution in [3.8, 4) is 40.2 Å². The summed E-state index contributed by atoms with van der Waals surface area (Å²) < 4.78 is 25.6. The van der Waals surface area contributed by atoms with Crippen LogP contribution in [-0.4, -0.2) is 74.8 Å². The van der Waals surface area contributed by atoms with Crippen LogP contribution < -0.4 is 19.7 Å². The van der Waals surface area contributed by atoms with Crippen molar-refractivity contribution in [1.29, 1.82) is 0 Å². The number of hydrogen-bond donors (Lipinski definition) is 2. The van der Waals surface area contributed by atoms with E-state index in [9.17, 15) is 5.11 Å². The van der Waals surface area contributed by atoms with Crippen LogP contribution in [0.15, 0.2) is 30.6 Å². The second-order valence-electron chi connectivity index (χ2n) is 9.58. The fourth-order valence-corrected chi connectivity index (χ4v) is 5.39. The number of rotatable bonds is 7. The maximum atomic E-state index is 15.3. The van der Waals surface area contributed by atoms with E-state index < -0.39 is 6.17 Å². The number of ether oxygens (including phenoxy) is 2. The number of benzene rings is 1. The second-order valence-corrected chi connectivity index (χ2v) is 9.58. The van der Waals surface area contributed by atoms with Crippen LogP contribution in [0.4, 0.5) is 10.2 Å². The summed E-state index contributed by atoms with van der Waals surface area (Å²) in [7, 11) is 2.97. The summed E-state index contributed by atoms with van der Waals surface area (Å²) in [5.41, 5.74) is 1.59. The molecule has 0 spiro atoms. The maximum Gasteiger partial charge on any atom is 0.278 e. The Morgan fingerprint density at radius 1 is 1.03 bits per heavy atom. The Labute approximate surface area is 207 Å². The van der Waals surface area contributed by atoms with Crippen LogP contribution in [-0.2, 0) is 0 Å². The Kier molecular flexibility index (Phi) is 5.79. The molecule has 2 bridgehead atoms. The Morgan fingerprint density at radius 2 is 1.86 bits per heavy atom. The summed E-state index contributed by atoms with van der Waals surface area (Å²) in [6.07, 6.45) is 6.96. The highest BCUT2D eigenvalue weighted by atomic mass is 19.1. The highest BCUT2D eigenvalue weighted by molar-refractivity contribution is 5.71. The molecule has 11 heteroatoms. The predicted molar refractivity (Wildman–Crippen MR) is 130 cm³/mol. The van der Waals surface area contributed by atoms with Crippen molar-refractivity contribution in [2.24, 2.45) is 0 Å². The summed E-state index contributed by atoms with van der Waals surface area (Å²) in [5.74, 6) is 1.39. The third kappa shape index (κ3) is 4.06. The second kappa shape index (κ2) is 9.12. The fraction of sp³-hybridized carbons (Fsp3) is 0.480. The van der Waals surface area contributed by atoms with E-state index in [1.165, 1.54) is 14.2 Å². The average molecular weight is 494 g/mol. The van der Waals surface area contributed by atoms with Gasteiger partial charge in [-0.15, -0.1) is 10.2 Å².